The predicted octanol–water partition coefficient (Wildman–Crippen LogP) is 7.34. The second-order valence-corrected chi connectivity index (χ2v) is 12.5. The van der Waals surface area contributed by atoms with E-state index < -0.39 is 41.3 Å². The average molecular weight is 639 g/mol. The summed E-state index contributed by atoms with van der Waals surface area (Å²) in [6, 6.07) is 0. The second-order valence-electron chi connectivity index (χ2n) is 8.54. The van der Waals surface area contributed by atoms with Gasteiger partial charge in [0.1, 0.15) is 5.67 Å². The molecule has 0 aromatic carbocycles. The van der Waals surface area contributed by atoms with Crippen LogP contribution in [-0.4, -0.2) is 81.7 Å². The molecule has 0 aromatic rings. The number of carboxylic acid groups (broad SMARTS) is 1. The maximum Gasteiger partial charge on any atom is 0.389 e. The Balaban J connectivity index is 0. The monoisotopic (exact) mass is 638 g/mol. The predicted molar refractivity (Wildman–Crippen MR) is 144 cm³/mol. The summed E-state index contributed by atoms with van der Waals surface area (Å²) in [5.74, 6) is -1.17. The summed E-state index contributed by atoms with van der Waals surface area (Å²) in [6.45, 7) is 1.61. The summed E-state index contributed by atoms with van der Waals surface area (Å²) in [7, 11) is 1.25. The highest BCUT2D eigenvalue weighted by atomic mass is 35.5. The summed E-state index contributed by atoms with van der Waals surface area (Å²) in [5, 5.41) is 7.91. The van der Waals surface area contributed by atoms with Crippen molar-refractivity contribution in [3.05, 3.63) is 0 Å². The molecular formula is C23H37ClF6O5S3. The van der Waals surface area contributed by atoms with Crippen LogP contribution in [0.3, 0.4) is 0 Å². The fourth-order valence-corrected chi connectivity index (χ4v) is 5.89. The number of esters is 1. The number of aliphatic carboxylic acids is 1. The van der Waals surface area contributed by atoms with Gasteiger partial charge in [0.05, 0.1) is 26.4 Å². The van der Waals surface area contributed by atoms with Crippen LogP contribution in [0.2, 0.25) is 0 Å². The van der Waals surface area contributed by atoms with Crippen molar-refractivity contribution in [1.29, 1.82) is 0 Å². The van der Waals surface area contributed by atoms with Crippen molar-refractivity contribution in [2.24, 2.45) is 11.8 Å². The molecule has 38 heavy (non-hydrogen) atoms. The normalized spacial score (nSPS) is 22.4. The van der Waals surface area contributed by atoms with Crippen molar-refractivity contribution in [3.63, 3.8) is 0 Å². The maximum absolute atomic E-state index is 12.9. The molecule has 2 aliphatic carbocycles. The molecule has 226 valence electrons. The summed E-state index contributed by atoms with van der Waals surface area (Å²) in [4.78, 5) is 30.8. The molecule has 0 heterocycles. The third kappa shape index (κ3) is 23.4. The van der Waals surface area contributed by atoms with E-state index in [1.807, 2.05) is 0 Å². The van der Waals surface area contributed by atoms with Gasteiger partial charge < -0.3 is 9.84 Å². The van der Waals surface area contributed by atoms with E-state index in [0.717, 1.165) is 17.5 Å². The van der Waals surface area contributed by atoms with Gasteiger partial charge in [-0.1, -0.05) is 7.43 Å². The van der Waals surface area contributed by atoms with Crippen LogP contribution in [0, 0.1) is 11.8 Å². The standard InChI is InChI=1S/C8H13FO2S.C7H9ClF2OS.C7H11F3O2S.CH4/c1-8(9)4-6(8)5-12-3-2-7(10)11;8-6(11)1-2-12-4-5-3-7(5,9)10;1-12-6(11)2-4-13-5-3-7(8,9)10;/h6H,2-5H2,1H3,(H,10,11);5H,1-4H2;2-5H2,1H3;1H4. The molecular weight excluding hydrogens is 602 g/mol. The summed E-state index contributed by atoms with van der Waals surface area (Å²) >= 11 is 9.07. The van der Waals surface area contributed by atoms with Gasteiger partial charge in [0.25, 0.3) is 5.92 Å². The second kappa shape index (κ2) is 19.6. The first kappa shape index (κ1) is 39.7. The zero-order chi connectivity index (χ0) is 28.7. The minimum atomic E-state index is -4.10. The Kier molecular flexibility index (Phi) is 20.4. The van der Waals surface area contributed by atoms with Gasteiger partial charge in [-0.15, -0.1) is 0 Å². The number of rotatable bonds is 15. The number of alkyl halides is 6. The Morgan fingerprint density at radius 3 is 1.79 bits per heavy atom. The molecule has 5 nitrogen and oxygen atoms in total. The third-order valence-electron chi connectivity index (χ3n) is 5.04. The molecule has 0 amide bonds. The molecule has 1 N–H and O–H groups in total. The van der Waals surface area contributed by atoms with Crippen molar-refractivity contribution < 1.29 is 50.6 Å². The molecule has 3 unspecified atom stereocenters. The van der Waals surface area contributed by atoms with Gasteiger partial charge in [0.15, 0.2) is 0 Å². The van der Waals surface area contributed by atoms with Crippen molar-refractivity contribution >= 4 is 64.1 Å². The van der Waals surface area contributed by atoms with E-state index >= 15 is 0 Å². The van der Waals surface area contributed by atoms with Crippen molar-refractivity contribution in [2.75, 3.05) is 41.6 Å². The third-order valence-corrected chi connectivity index (χ3v) is 8.48. The van der Waals surface area contributed by atoms with Crippen molar-refractivity contribution in [2.45, 2.75) is 70.6 Å². The molecule has 2 rings (SSSR count). The molecule has 2 saturated carbocycles. The van der Waals surface area contributed by atoms with E-state index in [4.69, 9.17) is 16.7 Å². The maximum atomic E-state index is 12.9. The molecule has 0 saturated heterocycles. The largest absolute Gasteiger partial charge is 0.481 e. The fourth-order valence-electron chi connectivity index (χ4n) is 2.42. The molecule has 3 atom stereocenters. The number of halogens is 7. The Morgan fingerprint density at radius 2 is 1.39 bits per heavy atom. The number of carbonyl (C=O) groups is 3. The number of carbonyl (C=O) groups excluding carboxylic acids is 2. The lowest BCUT2D eigenvalue weighted by molar-refractivity contribution is -0.140. The molecule has 2 aliphatic rings. The summed E-state index contributed by atoms with van der Waals surface area (Å²) in [5.41, 5.74) is -0.962. The molecule has 0 spiro atoms. The first-order chi connectivity index (χ1) is 17.0. The Bertz CT molecular complexity index is 674. The molecule has 0 radical (unpaired) electrons. The van der Waals surface area contributed by atoms with E-state index in [1.165, 1.54) is 30.6 Å². The number of hydrogen-bond donors (Lipinski definition) is 1. The van der Waals surface area contributed by atoms with Crippen LogP contribution in [-0.2, 0) is 19.1 Å². The van der Waals surface area contributed by atoms with Gasteiger partial charge in [0, 0.05) is 53.4 Å². The number of ether oxygens (including phenoxy) is 1. The SMILES string of the molecule is C.CC1(F)CC1CSCCC(=O)O.COC(=O)CCSCCC(F)(F)F.O=C(Cl)CCSCC1CC1(F)F. The van der Waals surface area contributed by atoms with Gasteiger partial charge in [-0.05, 0) is 30.7 Å². The van der Waals surface area contributed by atoms with E-state index in [0.29, 0.717) is 29.4 Å². The highest BCUT2D eigenvalue weighted by Crippen LogP contribution is 2.50. The van der Waals surface area contributed by atoms with E-state index in [-0.39, 0.29) is 50.8 Å². The Hall–Kier alpha value is -0.470. The minimum Gasteiger partial charge on any atom is -0.481 e. The Morgan fingerprint density at radius 1 is 0.921 bits per heavy atom. The van der Waals surface area contributed by atoms with Crippen LogP contribution in [0.5, 0.6) is 0 Å². The van der Waals surface area contributed by atoms with Crippen molar-refractivity contribution in [3.8, 4) is 0 Å². The number of hydrogen-bond acceptors (Lipinski definition) is 7. The lowest BCUT2D eigenvalue weighted by Gasteiger charge is -2.04. The molecule has 2 fully saturated rings. The topological polar surface area (TPSA) is 80.7 Å². The zero-order valence-electron chi connectivity index (χ0n) is 20.6. The fraction of sp³-hybridized carbons (Fsp3) is 0.870. The average Bonchev–Trinajstić information content (AvgIpc) is 3.60. The number of methoxy groups -OCH3 is 1. The molecule has 0 aromatic heterocycles. The van der Waals surface area contributed by atoms with E-state index in [1.54, 1.807) is 6.92 Å². The van der Waals surface area contributed by atoms with Gasteiger partial charge >= 0.3 is 18.1 Å². The van der Waals surface area contributed by atoms with Crippen LogP contribution >= 0.6 is 46.9 Å². The lowest BCUT2D eigenvalue weighted by atomic mass is 10.3. The van der Waals surface area contributed by atoms with Crippen LogP contribution in [0.4, 0.5) is 26.3 Å². The van der Waals surface area contributed by atoms with E-state index in [9.17, 15) is 40.7 Å². The molecule has 0 aliphatic heterocycles. The van der Waals surface area contributed by atoms with Crippen LogP contribution in [0.25, 0.3) is 0 Å². The first-order valence-corrected chi connectivity index (χ1v) is 15.2. The quantitative estimate of drug-likeness (QED) is 0.0864. The number of carboxylic acids is 1. The van der Waals surface area contributed by atoms with Gasteiger partial charge in [-0.25, -0.2) is 13.2 Å². The lowest BCUT2D eigenvalue weighted by Crippen LogP contribution is -2.09. The minimum absolute atomic E-state index is 0. The Labute approximate surface area is 238 Å². The molecule has 15 heteroatoms. The van der Waals surface area contributed by atoms with Crippen LogP contribution in [0.1, 0.15) is 52.9 Å². The van der Waals surface area contributed by atoms with Gasteiger partial charge in [-0.2, -0.15) is 48.5 Å². The first-order valence-electron chi connectivity index (χ1n) is 11.3. The molecule has 0 bridgehead atoms. The highest BCUT2D eigenvalue weighted by molar-refractivity contribution is 7.99. The van der Waals surface area contributed by atoms with Crippen molar-refractivity contribution in [1.82, 2.24) is 0 Å². The van der Waals surface area contributed by atoms with E-state index in [2.05, 4.69) is 4.74 Å². The summed E-state index contributed by atoms with van der Waals surface area (Å²) < 4.78 is 76.6. The summed E-state index contributed by atoms with van der Waals surface area (Å²) in [6.07, 6.45) is -3.64. The van der Waals surface area contributed by atoms with Gasteiger partial charge in [0.2, 0.25) is 5.24 Å². The van der Waals surface area contributed by atoms with Crippen LogP contribution < -0.4 is 0 Å². The highest BCUT2D eigenvalue weighted by Gasteiger charge is 2.56. The van der Waals surface area contributed by atoms with Crippen LogP contribution in [0.15, 0.2) is 0 Å². The smallest absolute Gasteiger partial charge is 0.389 e. The number of thioether (sulfide) groups is 3. The zero-order valence-corrected chi connectivity index (χ0v) is 23.8. The van der Waals surface area contributed by atoms with Gasteiger partial charge in [-0.3, -0.25) is 14.4 Å².